The summed E-state index contributed by atoms with van der Waals surface area (Å²) in [6.07, 6.45) is -3.48. The summed E-state index contributed by atoms with van der Waals surface area (Å²) in [5, 5.41) is 7.63. The van der Waals surface area contributed by atoms with E-state index in [0.717, 1.165) is 54.2 Å². The lowest BCUT2D eigenvalue weighted by atomic mass is 9.93. The molecule has 0 radical (unpaired) electrons. The van der Waals surface area contributed by atoms with Crippen LogP contribution >= 0.6 is 0 Å². The highest BCUT2D eigenvalue weighted by atomic mass is 16.6. The quantitative estimate of drug-likeness (QED) is 0.126. The molecule has 6 nitrogen and oxygen atoms in total. The van der Waals surface area contributed by atoms with Crippen molar-refractivity contribution >= 4 is 55.0 Å². The van der Waals surface area contributed by atoms with Crippen LogP contribution in [-0.2, 0) is 28.5 Å². The first-order valence-electron chi connectivity index (χ1n) is 14.7. The minimum absolute atomic E-state index is 0.562. The van der Waals surface area contributed by atoms with Gasteiger partial charge >= 0.3 is 11.9 Å². The second kappa shape index (κ2) is 12.4. The van der Waals surface area contributed by atoms with Crippen LogP contribution in [0, 0.1) is 0 Å². The van der Waals surface area contributed by atoms with Crippen LogP contribution in [-0.4, -0.2) is 38.4 Å². The zero-order chi connectivity index (χ0) is 30.8. The van der Waals surface area contributed by atoms with Crippen LogP contribution in [0.2, 0.25) is 0 Å². The summed E-state index contributed by atoms with van der Waals surface area (Å²) >= 11 is 0. The van der Waals surface area contributed by atoms with Crippen molar-refractivity contribution < 1.29 is 28.5 Å². The number of fused-ring (bicyclic) bond motifs is 4. The van der Waals surface area contributed by atoms with E-state index in [1.54, 1.807) is 13.8 Å². The Morgan fingerprint density at radius 2 is 0.750 bits per heavy atom. The average Bonchev–Trinajstić information content (AvgIpc) is 3.04. The van der Waals surface area contributed by atoms with Crippen LogP contribution in [0.5, 0.6) is 0 Å². The fourth-order valence-electron chi connectivity index (χ4n) is 6.01. The maximum absolute atomic E-state index is 13.7. The largest absolute Gasteiger partial charge is 0.457 e. The SMILES string of the molecule is CO[C@H](C(=O)O[C@@H](C)[C@H](C)OC(=O)[C@@H](OC)c1c2ccccc2cc2ccccc12)c1c2ccccc2cc2ccccc12. The molecule has 0 N–H and O–H groups in total. The molecule has 0 aliphatic carbocycles. The lowest BCUT2D eigenvalue weighted by Crippen LogP contribution is -2.34. The van der Waals surface area contributed by atoms with Crippen molar-refractivity contribution in [2.45, 2.75) is 38.3 Å². The summed E-state index contributed by atoms with van der Waals surface area (Å²) in [5.41, 5.74) is 1.48. The summed E-state index contributed by atoms with van der Waals surface area (Å²) < 4.78 is 23.3. The summed E-state index contributed by atoms with van der Waals surface area (Å²) in [5.74, 6) is -1.12. The molecule has 0 fully saturated rings. The Labute approximate surface area is 256 Å². The van der Waals surface area contributed by atoms with E-state index in [-0.39, 0.29) is 0 Å². The Balaban J connectivity index is 1.25. The van der Waals surface area contributed by atoms with Crippen molar-refractivity contribution in [3.8, 4) is 0 Å². The van der Waals surface area contributed by atoms with E-state index < -0.39 is 36.4 Å². The average molecular weight is 587 g/mol. The molecule has 44 heavy (non-hydrogen) atoms. The minimum atomic E-state index is -0.981. The van der Waals surface area contributed by atoms with E-state index in [1.165, 1.54) is 14.2 Å². The van der Waals surface area contributed by atoms with Gasteiger partial charge in [0.25, 0.3) is 0 Å². The number of carbonyl (C=O) groups is 2. The van der Waals surface area contributed by atoms with Gasteiger partial charge in [-0.1, -0.05) is 97.1 Å². The van der Waals surface area contributed by atoms with Gasteiger partial charge in [0.2, 0.25) is 0 Å². The molecule has 222 valence electrons. The zero-order valence-electron chi connectivity index (χ0n) is 25.2. The third-order valence-electron chi connectivity index (χ3n) is 8.31. The topological polar surface area (TPSA) is 71.1 Å². The molecule has 6 heteroatoms. The highest BCUT2D eigenvalue weighted by Crippen LogP contribution is 2.37. The zero-order valence-corrected chi connectivity index (χ0v) is 25.2. The van der Waals surface area contributed by atoms with E-state index in [1.807, 2.05) is 97.1 Å². The molecular weight excluding hydrogens is 552 g/mol. The Kier molecular flexibility index (Phi) is 8.29. The van der Waals surface area contributed by atoms with Gasteiger partial charge in [-0.3, -0.25) is 0 Å². The van der Waals surface area contributed by atoms with Gasteiger partial charge in [-0.05, 0) is 69.1 Å². The first kappa shape index (κ1) is 29.3. The fourth-order valence-corrected chi connectivity index (χ4v) is 6.01. The number of rotatable bonds is 9. The molecular formula is C38H34O6. The molecule has 6 aromatic carbocycles. The highest BCUT2D eigenvalue weighted by Gasteiger charge is 2.32. The molecule has 0 bridgehead atoms. The Bertz CT molecular complexity index is 1740. The van der Waals surface area contributed by atoms with Crippen LogP contribution in [0.3, 0.4) is 0 Å². The maximum atomic E-state index is 13.7. The number of carbonyl (C=O) groups excluding carboxylic acids is 2. The predicted octanol–water partition coefficient (Wildman–Crippen LogP) is 8.24. The van der Waals surface area contributed by atoms with Crippen LogP contribution in [0.25, 0.3) is 43.1 Å². The number of esters is 2. The van der Waals surface area contributed by atoms with Crippen LogP contribution in [0.15, 0.2) is 109 Å². The van der Waals surface area contributed by atoms with Crippen LogP contribution in [0.1, 0.15) is 37.2 Å². The summed E-state index contributed by atoms with van der Waals surface area (Å²) in [6.45, 7) is 3.41. The summed E-state index contributed by atoms with van der Waals surface area (Å²) in [7, 11) is 2.99. The lowest BCUT2D eigenvalue weighted by Gasteiger charge is -2.26. The normalized spacial score (nSPS) is 14.4. The first-order valence-corrected chi connectivity index (χ1v) is 14.7. The monoisotopic (exact) mass is 586 g/mol. The van der Waals surface area contributed by atoms with Gasteiger partial charge in [-0.2, -0.15) is 0 Å². The third kappa shape index (κ3) is 5.39. The van der Waals surface area contributed by atoms with E-state index in [2.05, 4.69) is 12.1 Å². The minimum Gasteiger partial charge on any atom is -0.457 e. The predicted molar refractivity (Wildman–Crippen MR) is 174 cm³/mol. The van der Waals surface area contributed by atoms with Crippen molar-refractivity contribution in [2.24, 2.45) is 0 Å². The van der Waals surface area contributed by atoms with Gasteiger partial charge in [0.15, 0.2) is 12.2 Å². The van der Waals surface area contributed by atoms with Gasteiger partial charge in [0.05, 0.1) is 0 Å². The molecule has 0 aliphatic rings. The van der Waals surface area contributed by atoms with Gasteiger partial charge in [-0.15, -0.1) is 0 Å². The number of hydrogen-bond acceptors (Lipinski definition) is 6. The number of ether oxygens (including phenoxy) is 4. The standard InChI is InChI=1S/C38H34O6/c1-23(43-37(39)35(41-3)33-29-17-9-5-13-25(29)21-26-14-6-10-18-30(26)33)24(2)44-38(40)36(42-4)34-31-19-11-7-15-27(31)22-28-16-8-12-20-32(28)34/h5-24,35-36H,1-4H3/t23-,24-,35-,36-/m0/s1. The van der Waals surface area contributed by atoms with Gasteiger partial charge in [0.1, 0.15) is 12.2 Å². The van der Waals surface area contributed by atoms with Gasteiger partial charge < -0.3 is 18.9 Å². The Morgan fingerprint density at radius 3 is 1.02 bits per heavy atom. The Hall–Kier alpha value is -4.78. The smallest absolute Gasteiger partial charge is 0.340 e. The van der Waals surface area contributed by atoms with Crippen molar-refractivity contribution in [3.63, 3.8) is 0 Å². The molecule has 0 aromatic heterocycles. The molecule has 0 spiro atoms. The molecule has 0 amide bonds. The van der Waals surface area contributed by atoms with Crippen molar-refractivity contribution in [3.05, 3.63) is 120 Å². The van der Waals surface area contributed by atoms with E-state index in [0.29, 0.717) is 0 Å². The van der Waals surface area contributed by atoms with E-state index >= 15 is 0 Å². The highest BCUT2D eigenvalue weighted by molar-refractivity contribution is 6.06. The maximum Gasteiger partial charge on any atom is 0.340 e. The molecule has 6 rings (SSSR count). The second-order valence-electron chi connectivity index (χ2n) is 11.0. The number of benzene rings is 6. The molecule has 0 unspecified atom stereocenters. The molecule has 0 aliphatic heterocycles. The van der Waals surface area contributed by atoms with Gasteiger partial charge in [-0.25, -0.2) is 9.59 Å². The van der Waals surface area contributed by atoms with Crippen LogP contribution in [0.4, 0.5) is 0 Å². The third-order valence-corrected chi connectivity index (χ3v) is 8.31. The summed E-state index contributed by atoms with van der Waals surface area (Å²) in [6, 6.07) is 35.8. The second-order valence-corrected chi connectivity index (χ2v) is 11.0. The molecule has 6 aromatic rings. The summed E-state index contributed by atoms with van der Waals surface area (Å²) in [4.78, 5) is 27.3. The van der Waals surface area contributed by atoms with Crippen molar-refractivity contribution in [2.75, 3.05) is 14.2 Å². The Morgan fingerprint density at radius 1 is 0.477 bits per heavy atom. The fraction of sp³-hybridized carbons (Fsp3) is 0.211. The number of hydrogen-bond donors (Lipinski definition) is 0. The van der Waals surface area contributed by atoms with E-state index in [9.17, 15) is 9.59 Å². The van der Waals surface area contributed by atoms with Crippen molar-refractivity contribution in [1.29, 1.82) is 0 Å². The molecule has 4 atom stereocenters. The molecule has 0 saturated carbocycles. The number of methoxy groups -OCH3 is 2. The lowest BCUT2D eigenvalue weighted by molar-refractivity contribution is -0.177. The van der Waals surface area contributed by atoms with Crippen LogP contribution < -0.4 is 0 Å². The molecule has 0 heterocycles. The van der Waals surface area contributed by atoms with E-state index in [4.69, 9.17) is 18.9 Å². The first-order chi connectivity index (χ1) is 21.4. The molecule has 0 saturated heterocycles. The van der Waals surface area contributed by atoms with Crippen molar-refractivity contribution in [1.82, 2.24) is 0 Å². The van der Waals surface area contributed by atoms with Gasteiger partial charge in [0, 0.05) is 25.3 Å².